The van der Waals surface area contributed by atoms with Crippen LogP contribution in [0.3, 0.4) is 0 Å². The number of aromatic amines is 1. The molecule has 1 unspecified atom stereocenters. The average molecular weight is 952 g/mol. The van der Waals surface area contributed by atoms with Crippen molar-refractivity contribution in [1.29, 1.82) is 0 Å². The van der Waals surface area contributed by atoms with Crippen LogP contribution in [-0.2, 0) is 26.0 Å². The van der Waals surface area contributed by atoms with E-state index in [-0.39, 0.29) is 41.1 Å². The van der Waals surface area contributed by atoms with Gasteiger partial charge in [0.1, 0.15) is 34.8 Å². The van der Waals surface area contributed by atoms with Gasteiger partial charge < -0.3 is 42.7 Å². The summed E-state index contributed by atoms with van der Waals surface area (Å²) in [5.41, 5.74) is 3.28. The van der Waals surface area contributed by atoms with Crippen LogP contribution < -0.4 is 33.1 Å². The van der Waals surface area contributed by atoms with E-state index in [4.69, 9.17) is 38.0 Å². The topological polar surface area (TPSA) is 200 Å². The Morgan fingerprint density at radius 3 is 2.15 bits per heavy atom. The number of methoxy groups -OCH3 is 4. The molecule has 2 saturated heterocycles. The van der Waals surface area contributed by atoms with Gasteiger partial charge in [0.2, 0.25) is 0 Å². The number of benzene rings is 3. The van der Waals surface area contributed by atoms with E-state index in [0.29, 0.717) is 89.6 Å². The molecule has 9 rings (SSSR count). The van der Waals surface area contributed by atoms with Crippen molar-refractivity contribution in [1.82, 2.24) is 30.2 Å². The number of nitrogens with zero attached hydrogens (tertiary/aromatic N) is 8. The molecule has 3 aromatic heterocycles. The van der Waals surface area contributed by atoms with Crippen LogP contribution in [0.5, 0.6) is 23.0 Å². The third-order valence-corrected chi connectivity index (χ3v) is 14.0. The molecular weight excluding hydrogens is 895 g/mol. The van der Waals surface area contributed by atoms with Gasteiger partial charge in [0.15, 0.2) is 27.9 Å². The van der Waals surface area contributed by atoms with Crippen molar-refractivity contribution >= 4 is 50.1 Å². The fourth-order valence-corrected chi connectivity index (χ4v) is 10.2. The molecule has 3 fully saturated rings. The fourth-order valence-electron chi connectivity index (χ4n) is 8.53. The van der Waals surface area contributed by atoms with E-state index in [9.17, 15) is 4.79 Å². The van der Waals surface area contributed by atoms with E-state index in [2.05, 4.69) is 31.2 Å². The first kappa shape index (κ1) is 46.3. The normalized spacial score (nSPS) is 16.7. The summed E-state index contributed by atoms with van der Waals surface area (Å²) < 4.78 is 73.2. The van der Waals surface area contributed by atoms with Crippen molar-refractivity contribution in [3.8, 4) is 34.4 Å². The molecule has 0 bridgehead atoms. The summed E-state index contributed by atoms with van der Waals surface area (Å²) in [6.07, 6.45) is 7.63. The molecule has 3 aliphatic rings. The molecule has 0 radical (unpaired) electrons. The van der Waals surface area contributed by atoms with Crippen molar-refractivity contribution < 1.29 is 46.2 Å². The maximum absolute atomic E-state index is 15.5. The first-order valence-corrected chi connectivity index (χ1v) is 24.1. The van der Waals surface area contributed by atoms with Crippen LogP contribution in [0.4, 0.5) is 27.8 Å². The number of rotatable bonds is 15. The van der Waals surface area contributed by atoms with Gasteiger partial charge in [-0.3, -0.25) is 10.00 Å². The Morgan fingerprint density at radius 2 is 1.54 bits per heavy atom. The van der Waals surface area contributed by atoms with Crippen molar-refractivity contribution in [2.45, 2.75) is 82.1 Å². The smallest absolute Gasteiger partial charge is 0.410 e. The first-order chi connectivity index (χ1) is 32.8. The van der Waals surface area contributed by atoms with Crippen molar-refractivity contribution in [2.75, 3.05) is 75.3 Å². The van der Waals surface area contributed by atoms with Crippen LogP contribution in [0.1, 0.15) is 70.1 Å². The SMILES string of the molecule is COc1ccc(CN(c2noc3cc(N(c4cc(C5CC5)[nH]n4)C4CCCCO4)c(OC)cc23)S(=O)(=O)c2c(OC)cc(-c3ncc(N4CCN(C(=O)OC(C)(C)C)CC4)cn3)cc2OC)cc1. The Morgan fingerprint density at radius 1 is 0.853 bits per heavy atom. The number of piperazine rings is 1. The molecule has 6 aromatic rings. The number of amides is 1. The summed E-state index contributed by atoms with van der Waals surface area (Å²) >= 11 is 0. The molecule has 2 aliphatic heterocycles. The average Bonchev–Trinajstić information content (AvgIpc) is 3.96. The van der Waals surface area contributed by atoms with E-state index in [1.807, 2.05) is 25.7 Å². The van der Waals surface area contributed by atoms with E-state index in [1.54, 1.807) is 80.0 Å². The lowest BCUT2D eigenvalue weighted by atomic mass is 10.1. The van der Waals surface area contributed by atoms with Gasteiger partial charge in [-0.05, 0) is 88.8 Å². The maximum Gasteiger partial charge on any atom is 0.410 e. The lowest BCUT2D eigenvalue weighted by molar-refractivity contribution is 0.0202. The monoisotopic (exact) mass is 951 g/mol. The van der Waals surface area contributed by atoms with Gasteiger partial charge in [-0.15, -0.1) is 0 Å². The van der Waals surface area contributed by atoms with Crippen LogP contribution in [0.2, 0.25) is 0 Å². The minimum absolute atomic E-state index is 0.00890. The molecule has 1 N–H and O–H groups in total. The van der Waals surface area contributed by atoms with Crippen LogP contribution >= 0.6 is 0 Å². The summed E-state index contributed by atoms with van der Waals surface area (Å²) in [7, 11) is 1.30. The number of hydrogen-bond acceptors (Lipinski definition) is 16. The molecule has 3 aromatic carbocycles. The second-order valence-electron chi connectivity index (χ2n) is 18.0. The standard InChI is InChI=1S/C48H57N9O10S/c1-48(2,3)66-47(58)55-19-17-54(18-20-55)33-27-49-45(50-28-33)32-22-40(63-6)44(41(23-32)64-7)68(59,60)56(29-30-11-15-34(61-4)16-12-30)46-35-24-39(62-5)37(26-38(35)67-53-46)57(43-10-8-9-21-65-43)42-25-36(51-52-42)31-13-14-31/h11-12,15-16,22-28,31,43H,8-10,13-14,17-21,29H2,1-7H3,(H,51,52). The Hall–Kier alpha value is -6.80. The molecule has 5 heterocycles. The second-order valence-corrected chi connectivity index (χ2v) is 19.8. The van der Waals surface area contributed by atoms with Gasteiger partial charge in [-0.2, -0.15) is 5.10 Å². The maximum atomic E-state index is 15.5. The van der Waals surface area contributed by atoms with Crippen LogP contribution in [-0.4, -0.2) is 118 Å². The minimum atomic E-state index is -4.60. The quantitative estimate of drug-likeness (QED) is 0.104. The number of fused-ring (bicyclic) bond motifs is 1. The van der Waals surface area contributed by atoms with E-state index in [0.717, 1.165) is 43.5 Å². The number of anilines is 4. The number of aromatic nitrogens is 5. The highest BCUT2D eigenvalue weighted by molar-refractivity contribution is 7.93. The van der Waals surface area contributed by atoms with Crippen LogP contribution in [0.25, 0.3) is 22.4 Å². The zero-order valence-corrected chi connectivity index (χ0v) is 40.2. The molecule has 1 atom stereocenters. The lowest BCUT2D eigenvalue weighted by Gasteiger charge is -2.36. The molecule has 0 spiro atoms. The largest absolute Gasteiger partial charge is 0.497 e. The number of ether oxygens (including phenoxy) is 6. The Labute approximate surface area is 395 Å². The predicted molar refractivity (Wildman–Crippen MR) is 254 cm³/mol. The highest BCUT2D eigenvalue weighted by atomic mass is 32.2. The highest BCUT2D eigenvalue weighted by Gasteiger charge is 2.38. The lowest BCUT2D eigenvalue weighted by Crippen LogP contribution is -2.50. The second kappa shape index (κ2) is 19.1. The van der Waals surface area contributed by atoms with E-state index < -0.39 is 15.6 Å². The Bertz CT molecular complexity index is 2820. The highest BCUT2D eigenvalue weighted by Crippen LogP contribution is 2.47. The molecule has 1 aliphatic carbocycles. The molecule has 20 heteroatoms. The number of sulfonamides is 1. The molecular formula is C48H57N9O10S. The first-order valence-electron chi connectivity index (χ1n) is 22.7. The predicted octanol–water partition coefficient (Wildman–Crippen LogP) is 8.04. The van der Waals surface area contributed by atoms with Gasteiger partial charge in [0, 0.05) is 62.1 Å². The summed E-state index contributed by atoms with van der Waals surface area (Å²) in [6, 6.07) is 15.8. The van der Waals surface area contributed by atoms with Gasteiger partial charge in [0.05, 0.1) is 64.1 Å². The van der Waals surface area contributed by atoms with Crippen molar-refractivity contribution in [2.24, 2.45) is 0 Å². The number of hydrogen-bond donors (Lipinski definition) is 1. The number of carbonyl (C=O) groups is 1. The van der Waals surface area contributed by atoms with Crippen molar-refractivity contribution in [3.63, 3.8) is 0 Å². The van der Waals surface area contributed by atoms with Crippen LogP contribution in [0.15, 0.2) is 76.4 Å². The molecule has 19 nitrogen and oxygen atoms in total. The van der Waals surface area contributed by atoms with Gasteiger partial charge in [-0.1, -0.05) is 17.3 Å². The zero-order chi connectivity index (χ0) is 47.7. The molecule has 1 amide bonds. The summed E-state index contributed by atoms with van der Waals surface area (Å²) in [5, 5.41) is 12.8. The summed E-state index contributed by atoms with van der Waals surface area (Å²) in [5.74, 6) is 2.47. The summed E-state index contributed by atoms with van der Waals surface area (Å²) in [6.45, 7) is 8.07. The van der Waals surface area contributed by atoms with E-state index in [1.165, 1.54) is 18.5 Å². The third-order valence-electron chi connectivity index (χ3n) is 12.2. The zero-order valence-electron chi connectivity index (χ0n) is 39.4. The minimum Gasteiger partial charge on any atom is -0.497 e. The van der Waals surface area contributed by atoms with Crippen LogP contribution in [0, 0.1) is 0 Å². The van der Waals surface area contributed by atoms with Gasteiger partial charge in [0.25, 0.3) is 10.0 Å². The number of carbonyl (C=O) groups excluding carboxylic acids is 1. The van der Waals surface area contributed by atoms with Gasteiger partial charge >= 0.3 is 6.09 Å². The molecule has 360 valence electrons. The fraction of sp³-hybridized carbons (Fsp3) is 0.438. The Kier molecular flexibility index (Phi) is 13.0. The van der Waals surface area contributed by atoms with E-state index >= 15 is 8.42 Å². The third kappa shape index (κ3) is 9.51. The number of nitrogens with one attached hydrogen (secondary N) is 1. The van der Waals surface area contributed by atoms with Gasteiger partial charge in [-0.25, -0.2) is 27.5 Å². The number of H-pyrrole nitrogens is 1. The summed E-state index contributed by atoms with van der Waals surface area (Å²) in [4.78, 5) is 27.5. The van der Waals surface area contributed by atoms with Crippen molar-refractivity contribution in [3.05, 3.63) is 78.2 Å². The molecule has 1 saturated carbocycles. The Balaban J connectivity index is 1.07. The molecule has 68 heavy (non-hydrogen) atoms.